The molecule has 1 N–H and O–H groups in total. The molecule has 0 atom stereocenters. The first kappa shape index (κ1) is 12.2. The summed E-state index contributed by atoms with van der Waals surface area (Å²) < 4.78 is 5.40. The van der Waals surface area contributed by atoms with Crippen LogP contribution in [0.2, 0.25) is 0 Å². The summed E-state index contributed by atoms with van der Waals surface area (Å²) in [5, 5.41) is 11.0. The summed E-state index contributed by atoms with van der Waals surface area (Å²) in [5.74, 6) is 1.60. The molecule has 0 radical (unpaired) electrons. The van der Waals surface area contributed by atoms with Gasteiger partial charge >= 0.3 is 0 Å². The van der Waals surface area contributed by atoms with E-state index < -0.39 is 5.60 Å². The molecule has 0 unspecified atom stereocenters. The van der Waals surface area contributed by atoms with E-state index in [1.54, 1.807) is 13.4 Å². The highest BCUT2D eigenvalue weighted by atomic mass is 16.5. The van der Waals surface area contributed by atoms with Crippen molar-refractivity contribution in [1.29, 1.82) is 0 Å². The first-order valence-electron chi connectivity index (χ1n) is 6.42. The fraction of sp³-hybridized carbons (Fsp3) is 0.429. The molecule has 2 aromatic rings. The van der Waals surface area contributed by atoms with Crippen molar-refractivity contribution in [3.05, 3.63) is 24.5 Å². The third-order valence-corrected chi connectivity index (χ3v) is 3.75. The zero-order valence-corrected chi connectivity index (χ0v) is 11.1. The molecule has 5 nitrogen and oxygen atoms in total. The van der Waals surface area contributed by atoms with Crippen LogP contribution in [0.3, 0.4) is 0 Å². The first-order valence-corrected chi connectivity index (χ1v) is 6.42. The number of aliphatic hydroxyl groups is 1. The molecule has 1 saturated heterocycles. The number of benzene rings is 1. The molecule has 1 aromatic heterocycles. The van der Waals surface area contributed by atoms with E-state index in [1.807, 2.05) is 25.1 Å². The van der Waals surface area contributed by atoms with E-state index in [0.29, 0.717) is 13.1 Å². The average Bonchev–Trinajstić information content (AvgIpc) is 2.42. The molecule has 19 heavy (non-hydrogen) atoms. The van der Waals surface area contributed by atoms with Crippen LogP contribution in [0.5, 0.6) is 5.75 Å². The smallest absolute Gasteiger partial charge is 0.143 e. The van der Waals surface area contributed by atoms with Crippen LogP contribution in [-0.2, 0) is 0 Å². The van der Waals surface area contributed by atoms with Crippen LogP contribution in [0.15, 0.2) is 24.5 Å². The standard InChI is InChI=1S/C14H17N3O2/c1-3-14(18)7-17(8-14)13-12-10(15-9-16-13)5-4-6-11(12)19-2/h4-6,9,18H,3,7-8H2,1-2H3. The van der Waals surface area contributed by atoms with Crippen LogP contribution in [-0.4, -0.2) is 40.9 Å². The number of methoxy groups -OCH3 is 1. The van der Waals surface area contributed by atoms with E-state index in [9.17, 15) is 5.11 Å². The normalized spacial score (nSPS) is 17.3. The first-order chi connectivity index (χ1) is 9.17. The maximum atomic E-state index is 10.1. The Bertz CT molecular complexity index is 603. The lowest BCUT2D eigenvalue weighted by atomic mass is 9.91. The van der Waals surface area contributed by atoms with Crippen molar-refractivity contribution < 1.29 is 9.84 Å². The second-order valence-electron chi connectivity index (χ2n) is 4.99. The van der Waals surface area contributed by atoms with Gasteiger partial charge in [0.15, 0.2) is 0 Å². The number of fused-ring (bicyclic) bond motifs is 1. The molecule has 1 aliphatic rings. The van der Waals surface area contributed by atoms with E-state index in [4.69, 9.17) is 4.74 Å². The van der Waals surface area contributed by atoms with E-state index in [1.165, 1.54) is 0 Å². The molecule has 1 fully saturated rings. The van der Waals surface area contributed by atoms with Crippen molar-refractivity contribution in [2.75, 3.05) is 25.1 Å². The van der Waals surface area contributed by atoms with Crippen LogP contribution in [0.25, 0.3) is 10.9 Å². The number of anilines is 1. The second kappa shape index (κ2) is 4.35. The summed E-state index contributed by atoms with van der Waals surface area (Å²) >= 11 is 0. The molecule has 2 heterocycles. The predicted octanol–water partition coefficient (Wildman–Crippen LogP) is 1.60. The van der Waals surface area contributed by atoms with Crippen molar-refractivity contribution in [2.45, 2.75) is 18.9 Å². The number of aromatic nitrogens is 2. The van der Waals surface area contributed by atoms with Crippen LogP contribution in [0.4, 0.5) is 5.82 Å². The Morgan fingerprint density at radius 2 is 2.16 bits per heavy atom. The van der Waals surface area contributed by atoms with Gasteiger partial charge in [0.05, 0.1) is 23.6 Å². The number of hydrogen-bond acceptors (Lipinski definition) is 5. The van der Waals surface area contributed by atoms with Gasteiger partial charge in [0.2, 0.25) is 0 Å². The maximum absolute atomic E-state index is 10.1. The highest BCUT2D eigenvalue weighted by Gasteiger charge is 2.41. The Morgan fingerprint density at radius 1 is 1.37 bits per heavy atom. The lowest BCUT2D eigenvalue weighted by Gasteiger charge is -2.47. The van der Waals surface area contributed by atoms with Crippen molar-refractivity contribution in [3.8, 4) is 5.75 Å². The minimum atomic E-state index is -0.584. The van der Waals surface area contributed by atoms with Gasteiger partial charge in [-0.05, 0) is 18.6 Å². The van der Waals surface area contributed by atoms with Gasteiger partial charge in [-0.25, -0.2) is 9.97 Å². The Kier molecular flexibility index (Phi) is 2.78. The summed E-state index contributed by atoms with van der Waals surface area (Å²) in [4.78, 5) is 10.7. The van der Waals surface area contributed by atoms with Gasteiger partial charge in [-0.3, -0.25) is 0 Å². The minimum absolute atomic E-state index is 0.584. The molecule has 0 aliphatic carbocycles. The topological polar surface area (TPSA) is 58.5 Å². The van der Waals surface area contributed by atoms with Gasteiger partial charge in [0, 0.05) is 13.1 Å². The third kappa shape index (κ3) is 1.90. The molecule has 1 aliphatic heterocycles. The minimum Gasteiger partial charge on any atom is -0.496 e. The molecule has 0 bridgehead atoms. The molecule has 3 rings (SSSR count). The van der Waals surface area contributed by atoms with Gasteiger partial charge < -0.3 is 14.7 Å². The molecule has 0 spiro atoms. The van der Waals surface area contributed by atoms with Gasteiger partial charge in [0.25, 0.3) is 0 Å². The van der Waals surface area contributed by atoms with Gasteiger partial charge in [-0.2, -0.15) is 0 Å². The lowest BCUT2D eigenvalue weighted by Crippen LogP contribution is -2.61. The molecule has 0 amide bonds. The lowest BCUT2D eigenvalue weighted by molar-refractivity contribution is 0.00822. The molecule has 5 heteroatoms. The van der Waals surface area contributed by atoms with E-state index in [-0.39, 0.29) is 0 Å². The quantitative estimate of drug-likeness (QED) is 0.907. The summed E-state index contributed by atoms with van der Waals surface area (Å²) in [6.07, 6.45) is 2.31. The Morgan fingerprint density at radius 3 is 2.84 bits per heavy atom. The number of ether oxygens (including phenoxy) is 1. The van der Waals surface area contributed by atoms with Crippen LogP contribution in [0.1, 0.15) is 13.3 Å². The van der Waals surface area contributed by atoms with Crippen molar-refractivity contribution in [3.63, 3.8) is 0 Å². The molecular formula is C14H17N3O2. The number of nitrogens with zero attached hydrogens (tertiary/aromatic N) is 3. The van der Waals surface area contributed by atoms with Crippen LogP contribution in [0, 0.1) is 0 Å². The highest BCUT2D eigenvalue weighted by molar-refractivity contribution is 5.95. The molecule has 1 aromatic carbocycles. The Balaban J connectivity index is 2.05. The molecule has 0 saturated carbocycles. The predicted molar refractivity (Wildman–Crippen MR) is 73.5 cm³/mol. The zero-order valence-electron chi connectivity index (χ0n) is 11.1. The third-order valence-electron chi connectivity index (χ3n) is 3.75. The Hall–Kier alpha value is -1.88. The highest BCUT2D eigenvalue weighted by Crippen LogP contribution is 2.36. The second-order valence-corrected chi connectivity index (χ2v) is 4.99. The van der Waals surface area contributed by atoms with Gasteiger partial charge in [0.1, 0.15) is 17.9 Å². The SMILES string of the molecule is CCC1(O)CN(c2ncnc3cccc(OC)c23)C1. The van der Waals surface area contributed by atoms with Crippen LogP contribution >= 0.6 is 0 Å². The summed E-state index contributed by atoms with van der Waals surface area (Å²) in [7, 11) is 1.64. The summed E-state index contributed by atoms with van der Waals surface area (Å²) in [6.45, 7) is 3.21. The van der Waals surface area contributed by atoms with Crippen molar-refractivity contribution >= 4 is 16.7 Å². The van der Waals surface area contributed by atoms with Crippen molar-refractivity contribution in [1.82, 2.24) is 9.97 Å². The van der Waals surface area contributed by atoms with Gasteiger partial charge in [-0.1, -0.05) is 13.0 Å². The number of hydrogen-bond donors (Lipinski definition) is 1. The van der Waals surface area contributed by atoms with E-state index in [0.717, 1.165) is 28.9 Å². The average molecular weight is 259 g/mol. The molecular weight excluding hydrogens is 242 g/mol. The summed E-state index contributed by atoms with van der Waals surface area (Å²) in [5.41, 5.74) is 0.274. The van der Waals surface area contributed by atoms with Crippen molar-refractivity contribution in [2.24, 2.45) is 0 Å². The number of rotatable bonds is 3. The molecule has 100 valence electrons. The zero-order chi connectivity index (χ0) is 13.5. The van der Waals surface area contributed by atoms with Gasteiger partial charge in [-0.15, -0.1) is 0 Å². The largest absolute Gasteiger partial charge is 0.496 e. The Labute approximate surface area is 111 Å². The number of β-amino-alcohol motifs (C(OH)–C–C–N with tert-alkyl or cyclic N) is 1. The summed E-state index contributed by atoms with van der Waals surface area (Å²) in [6, 6.07) is 5.76. The van der Waals surface area contributed by atoms with E-state index >= 15 is 0 Å². The van der Waals surface area contributed by atoms with E-state index in [2.05, 4.69) is 14.9 Å². The fourth-order valence-corrected chi connectivity index (χ4v) is 2.51. The fourth-order valence-electron chi connectivity index (χ4n) is 2.51. The maximum Gasteiger partial charge on any atom is 0.143 e. The monoisotopic (exact) mass is 259 g/mol. The van der Waals surface area contributed by atoms with Crippen LogP contribution < -0.4 is 9.64 Å².